The van der Waals surface area contributed by atoms with E-state index in [1.54, 1.807) is 6.92 Å². The smallest absolute Gasteiger partial charge is 0.309 e. The fourth-order valence-electron chi connectivity index (χ4n) is 0.579. The van der Waals surface area contributed by atoms with Crippen molar-refractivity contribution in [2.24, 2.45) is 0 Å². The molecule has 0 aliphatic rings. The van der Waals surface area contributed by atoms with E-state index in [0.29, 0.717) is 6.42 Å². The van der Waals surface area contributed by atoms with Gasteiger partial charge in [-0.05, 0) is 18.6 Å². The van der Waals surface area contributed by atoms with Crippen LogP contribution in [-0.2, 0) is 14.9 Å². The van der Waals surface area contributed by atoms with Crippen LogP contribution in [0.3, 0.4) is 0 Å². The van der Waals surface area contributed by atoms with Crippen molar-refractivity contribution in [1.29, 1.82) is 0 Å². The summed E-state index contributed by atoms with van der Waals surface area (Å²) in [5, 5.41) is 1.46. The number of hydrogen-bond donors (Lipinski definition) is 2. The molecular weight excluding hydrogens is 194 g/mol. The summed E-state index contributed by atoms with van der Waals surface area (Å²) < 4.78 is 29.8. The maximum Gasteiger partial charge on any atom is 0.309 e. The third-order valence-corrected chi connectivity index (χ3v) is 1.92. The molecular formula is C7H11NO4S. The lowest BCUT2D eigenvalue weighted by atomic mass is 10.4. The van der Waals surface area contributed by atoms with Crippen LogP contribution in [0.25, 0.3) is 0 Å². The summed E-state index contributed by atoms with van der Waals surface area (Å²) in [5.74, 6) is -0.683. The summed E-state index contributed by atoms with van der Waals surface area (Å²) in [6, 6.07) is 0. The molecule has 0 fully saturated rings. The molecule has 13 heavy (non-hydrogen) atoms. The van der Waals surface area contributed by atoms with E-state index in [9.17, 15) is 13.2 Å². The van der Waals surface area contributed by atoms with Crippen molar-refractivity contribution in [2.45, 2.75) is 13.3 Å². The Morgan fingerprint density at radius 1 is 1.62 bits per heavy atom. The number of rotatable bonds is 4. The Balaban J connectivity index is 4.76. The highest BCUT2D eigenvalue weighted by molar-refractivity contribution is 7.89. The van der Waals surface area contributed by atoms with E-state index in [-0.39, 0.29) is 0 Å². The highest BCUT2D eigenvalue weighted by Gasteiger charge is 2.14. The van der Waals surface area contributed by atoms with Crippen molar-refractivity contribution in [3.63, 3.8) is 0 Å². The maximum absolute atomic E-state index is 10.7. The lowest BCUT2D eigenvalue weighted by Gasteiger charge is -2.03. The van der Waals surface area contributed by atoms with Crippen molar-refractivity contribution < 1.29 is 17.8 Å². The minimum atomic E-state index is -4.35. The Labute approximate surface area is 76.9 Å². The van der Waals surface area contributed by atoms with Crippen LogP contribution in [0, 0.1) is 0 Å². The quantitative estimate of drug-likeness (QED) is 0.515. The molecule has 0 atom stereocenters. The van der Waals surface area contributed by atoms with Crippen molar-refractivity contribution in [2.75, 3.05) is 0 Å². The normalized spacial score (nSPS) is 12.3. The summed E-state index contributed by atoms with van der Waals surface area (Å²) >= 11 is 0. The van der Waals surface area contributed by atoms with Crippen molar-refractivity contribution in [3.8, 4) is 0 Å². The first kappa shape index (κ1) is 11.9. The zero-order valence-electron chi connectivity index (χ0n) is 7.15. The second-order valence-corrected chi connectivity index (χ2v) is 3.54. The molecule has 74 valence electrons. The molecule has 0 aliphatic carbocycles. The van der Waals surface area contributed by atoms with Gasteiger partial charge in [0.2, 0.25) is 5.91 Å². The fraction of sp³-hybridized carbons (Fsp3) is 0.286. The van der Waals surface area contributed by atoms with Gasteiger partial charge in [-0.2, -0.15) is 8.42 Å². The number of allylic oxidation sites excluding steroid dienone is 1. The standard InChI is InChI=1S/C7H11NO4S/c1-3-5-7(13(10,11)12)8-6(9)4-2/h4-5H,2-3H2,1H3,(H,8,9)(H,10,11,12). The van der Waals surface area contributed by atoms with Gasteiger partial charge in [0.15, 0.2) is 5.03 Å². The molecule has 0 rings (SSSR count). The van der Waals surface area contributed by atoms with Crippen molar-refractivity contribution >= 4 is 16.0 Å². The van der Waals surface area contributed by atoms with Crippen molar-refractivity contribution in [3.05, 3.63) is 23.8 Å². The average Bonchev–Trinajstić information content (AvgIpc) is 2.01. The second kappa shape index (κ2) is 4.78. The van der Waals surface area contributed by atoms with Crippen LogP contribution >= 0.6 is 0 Å². The predicted octanol–water partition coefficient (Wildman–Crippen LogP) is 0.428. The van der Waals surface area contributed by atoms with E-state index in [1.807, 2.05) is 5.32 Å². The van der Waals surface area contributed by atoms with E-state index in [4.69, 9.17) is 4.55 Å². The Kier molecular flexibility index (Phi) is 4.36. The van der Waals surface area contributed by atoms with E-state index < -0.39 is 21.1 Å². The van der Waals surface area contributed by atoms with Gasteiger partial charge in [-0.1, -0.05) is 13.5 Å². The van der Waals surface area contributed by atoms with Crippen LogP contribution in [0.15, 0.2) is 23.8 Å². The number of carbonyl (C=O) groups excluding carboxylic acids is 1. The summed E-state index contributed by atoms with van der Waals surface area (Å²) in [5.41, 5.74) is 0. The van der Waals surface area contributed by atoms with Gasteiger partial charge < -0.3 is 5.32 Å². The van der Waals surface area contributed by atoms with E-state index in [0.717, 1.165) is 6.08 Å². The van der Waals surface area contributed by atoms with Crippen LogP contribution in [0.1, 0.15) is 13.3 Å². The van der Waals surface area contributed by atoms with Crippen molar-refractivity contribution in [1.82, 2.24) is 5.32 Å². The van der Waals surface area contributed by atoms with E-state index >= 15 is 0 Å². The molecule has 0 bridgehead atoms. The Morgan fingerprint density at radius 2 is 2.15 bits per heavy atom. The molecule has 0 aliphatic heterocycles. The van der Waals surface area contributed by atoms with Crippen LogP contribution in [0.5, 0.6) is 0 Å². The summed E-state index contributed by atoms with van der Waals surface area (Å²) in [7, 11) is -4.35. The first-order valence-corrected chi connectivity index (χ1v) is 4.97. The Hall–Kier alpha value is -1.14. The number of hydrogen-bond acceptors (Lipinski definition) is 3. The second-order valence-electron chi connectivity index (χ2n) is 2.15. The SMILES string of the molecule is C=CC(=O)NC(=CCC)S(=O)(=O)O. The first-order valence-electron chi connectivity index (χ1n) is 3.53. The van der Waals surface area contributed by atoms with Gasteiger partial charge in [-0.15, -0.1) is 0 Å². The van der Waals surface area contributed by atoms with Crippen LogP contribution in [0.2, 0.25) is 0 Å². The molecule has 0 aromatic carbocycles. The van der Waals surface area contributed by atoms with E-state index in [2.05, 4.69) is 6.58 Å². The molecule has 0 saturated heterocycles. The van der Waals surface area contributed by atoms with Crippen LogP contribution in [0.4, 0.5) is 0 Å². The predicted molar refractivity (Wildman–Crippen MR) is 48.3 cm³/mol. The Morgan fingerprint density at radius 3 is 2.46 bits per heavy atom. The van der Waals surface area contributed by atoms with E-state index in [1.165, 1.54) is 6.08 Å². The van der Waals surface area contributed by atoms with Crippen LogP contribution in [-0.4, -0.2) is 18.9 Å². The Bertz CT molecular complexity index is 328. The minimum Gasteiger partial charge on any atom is -0.311 e. The first-order chi connectivity index (χ1) is 5.91. The molecule has 0 saturated carbocycles. The largest absolute Gasteiger partial charge is 0.311 e. The summed E-state index contributed by atoms with van der Waals surface area (Å²) in [6.07, 6.45) is 2.48. The monoisotopic (exact) mass is 205 g/mol. The lowest BCUT2D eigenvalue weighted by Crippen LogP contribution is -2.25. The third kappa shape index (κ3) is 4.44. The fourth-order valence-corrected chi connectivity index (χ4v) is 1.19. The van der Waals surface area contributed by atoms with Crippen LogP contribution < -0.4 is 5.32 Å². The average molecular weight is 205 g/mol. The topological polar surface area (TPSA) is 83.5 Å². The highest BCUT2D eigenvalue weighted by Crippen LogP contribution is 2.00. The molecule has 2 N–H and O–H groups in total. The lowest BCUT2D eigenvalue weighted by molar-refractivity contribution is -0.115. The van der Waals surface area contributed by atoms with Gasteiger partial charge in [-0.25, -0.2) is 0 Å². The maximum atomic E-state index is 10.7. The molecule has 1 amide bonds. The van der Waals surface area contributed by atoms with Gasteiger partial charge in [0.25, 0.3) is 0 Å². The molecule has 0 aromatic rings. The third-order valence-electron chi connectivity index (χ3n) is 1.10. The molecule has 0 unspecified atom stereocenters. The number of nitrogens with one attached hydrogen (secondary N) is 1. The van der Waals surface area contributed by atoms with Gasteiger partial charge >= 0.3 is 10.1 Å². The molecule has 0 aromatic heterocycles. The zero-order valence-corrected chi connectivity index (χ0v) is 7.97. The van der Waals surface area contributed by atoms with Gasteiger partial charge in [0, 0.05) is 0 Å². The van der Waals surface area contributed by atoms with Gasteiger partial charge in [0.1, 0.15) is 0 Å². The molecule has 0 heterocycles. The zero-order chi connectivity index (χ0) is 10.5. The number of amides is 1. The molecule has 6 heteroatoms. The highest BCUT2D eigenvalue weighted by atomic mass is 32.2. The summed E-state index contributed by atoms with van der Waals surface area (Å²) in [4.78, 5) is 10.7. The number of carbonyl (C=O) groups is 1. The van der Waals surface area contributed by atoms with Gasteiger partial charge in [0.05, 0.1) is 0 Å². The molecule has 0 spiro atoms. The minimum absolute atomic E-state index is 0.381. The molecule has 0 radical (unpaired) electrons. The summed E-state index contributed by atoms with van der Waals surface area (Å²) in [6.45, 7) is 4.81. The van der Waals surface area contributed by atoms with Gasteiger partial charge in [-0.3, -0.25) is 9.35 Å². The molecule has 5 nitrogen and oxygen atoms in total.